The Morgan fingerprint density at radius 1 is 1.25 bits per heavy atom. The van der Waals surface area contributed by atoms with Crippen LogP contribution in [0.15, 0.2) is 24.3 Å². The normalized spacial score (nSPS) is 25.4. The average Bonchev–Trinajstić information content (AvgIpc) is 2.41. The lowest BCUT2D eigenvalue weighted by Gasteiger charge is -2.35. The van der Waals surface area contributed by atoms with Gasteiger partial charge in [-0.15, -0.1) is 0 Å². The molecular formula is C15H19ClF3N. The second kappa shape index (κ2) is 6.35. The monoisotopic (exact) mass is 305 g/mol. The molecule has 20 heavy (non-hydrogen) atoms. The van der Waals surface area contributed by atoms with E-state index in [1.165, 1.54) is 0 Å². The number of halogens is 4. The van der Waals surface area contributed by atoms with Gasteiger partial charge in [-0.3, -0.25) is 0 Å². The number of benzene rings is 1. The second-order valence-electron chi connectivity index (χ2n) is 5.45. The van der Waals surface area contributed by atoms with E-state index in [0.29, 0.717) is 11.4 Å². The lowest BCUT2D eigenvalue weighted by atomic mass is 9.75. The maximum atomic E-state index is 12.9. The van der Waals surface area contributed by atoms with Crippen molar-refractivity contribution >= 4 is 11.6 Å². The van der Waals surface area contributed by atoms with Crippen LogP contribution < -0.4 is 5.32 Å². The number of hydrogen-bond acceptors (Lipinski definition) is 1. The van der Waals surface area contributed by atoms with Crippen molar-refractivity contribution in [3.63, 3.8) is 0 Å². The molecule has 1 aliphatic carbocycles. The molecule has 1 fully saturated rings. The van der Waals surface area contributed by atoms with Crippen molar-refractivity contribution in [2.45, 2.75) is 37.9 Å². The molecule has 5 heteroatoms. The van der Waals surface area contributed by atoms with Gasteiger partial charge in [-0.2, -0.15) is 13.2 Å². The molecule has 1 aliphatic rings. The van der Waals surface area contributed by atoms with Crippen LogP contribution >= 0.6 is 11.6 Å². The highest BCUT2D eigenvalue weighted by Crippen LogP contribution is 2.44. The third-order valence-electron chi connectivity index (χ3n) is 4.20. The highest BCUT2D eigenvalue weighted by atomic mass is 35.5. The van der Waals surface area contributed by atoms with Crippen molar-refractivity contribution < 1.29 is 13.2 Å². The summed E-state index contributed by atoms with van der Waals surface area (Å²) in [6.07, 6.45) is -2.22. The smallest absolute Gasteiger partial charge is 0.313 e. The Bertz CT molecular complexity index is 447. The first kappa shape index (κ1) is 15.6. The van der Waals surface area contributed by atoms with E-state index < -0.39 is 12.1 Å². The topological polar surface area (TPSA) is 12.0 Å². The molecule has 112 valence electrons. The summed E-state index contributed by atoms with van der Waals surface area (Å²) in [7, 11) is 1.78. The Morgan fingerprint density at radius 2 is 1.95 bits per heavy atom. The first-order valence-electron chi connectivity index (χ1n) is 6.92. The summed E-state index contributed by atoms with van der Waals surface area (Å²) >= 11 is 6.18. The first-order chi connectivity index (χ1) is 9.43. The van der Waals surface area contributed by atoms with Gasteiger partial charge >= 0.3 is 6.18 Å². The van der Waals surface area contributed by atoms with E-state index in [1.807, 2.05) is 18.2 Å². The minimum absolute atomic E-state index is 0.0275. The first-order valence-corrected chi connectivity index (χ1v) is 7.29. The Labute approximate surface area is 122 Å². The van der Waals surface area contributed by atoms with Crippen LogP contribution in [0.1, 0.15) is 37.3 Å². The van der Waals surface area contributed by atoms with Crippen molar-refractivity contribution in [3.8, 4) is 0 Å². The minimum atomic E-state index is -4.09. The highest BCUT2D eigenvalue weighted by Gasteiger charge is 2.43. The Hall–Kier alpha value is -0.740. The highest BCUT2D eigenvalue weighted by molar-refractivity contribution is 6.31. The number of rotatable bonds is 3. The van der Waals surface area contributed by atoms with Gasteiger partial charge in [0.1, 0.15) is 0 Å². The zero-order valence-corrected chi connectivity index (χ0v) is 12.1. The van der Waals surface area contributed by atoms with E-state index in [1.54, 1.807) is 13.1 Å². The summed E-state index contributed by atoms with van der Waals surface area (Å²) in [5.74, 6) is -1.21. The molecule has 2 rings (SSSR count). The molecule has 1 saturated carbocycles. The summed E-state index contributed by atoms with van der Waals surface area (Å²) in [6, 6.07) is 7.26. The molecule has 0 aliphatic heterocycles. The van der Waals surface area contributed by atoms with Crippen molar-refractivity contribution in [2.24, 2.45) is 11.8 Å². The van der Waals surface area contributed by atoms with Crippen LogP contribution in [-0.4, -0.2) is 13.2 Å². The zero-order chi connectivity index (χ0) is 14.8. The van der Waals surface area contributed by atoms with Crippen LogP contribution in [0.5, 0.6) is 0 Å². The fraction of sp³-hybridized carbons (Fsp3) is 0.600. The second-order valence-corrected chi connectivity index (χ2v) is 5.86. The van der Waals surface area contributed by atoms with Gasteiger partial charge in [-0.05, 0) is 43.9 Å². The van der Waals surface area contributed by atoms with Crippen molar-refractivity contribution in [1.29, 1.82) is 0 Å². The lowest BCUT2D eigenvalue weighted by Crippen LogP contribution is -2.34. The third kappa shape index (κ3) is 3.47. The Balaban J connectivity index is 2.18. The third-order valence-corrected chi connectivity index (χ3v) is 4.54. The number of nitrogens with one attached hydrogen (secondary N) is 1. The van der Waals surface area contributed by atoms with E-state index in [9.17, 15) is 13.2 Å². The summed E-state index contributed by atoms with van der Waals surface area (Å²) < 4.78 is 38.8. The molecular weight excluding hydrogens is 287 g/mol. The van der Waals surface area contributed by atoms with E-state index in [4.69, 9.17) is 11.6 Å². The van der Waals surface area contributed by atoms with E-state index >= 15 is 0 Å². The van der Waals surface area contributed by atoms with Crippen LogP contribution in [0.4, 0.5) is 13.2 Å². The van der Waals surface area contributed by atoms with Crippen LogP contribution in [-0.2, 0) is 0 Å². The quantitative estimate of drug-likeness (QED) is 0.831. The SMILES string of the molecule is CNC(c1ccccc1Cl)C1CCCC(C(F)(F)F)C1. The number of hydrogen-bond donors (Lipinski definition) is 1. The predicted octanol–water partition coefficient (Wildman–Crippen LogP) is 4.97. The van der Waals surface area contributed by atoms with Gasteiger partial charge in [0.2, 0.25) is 0 Å². The summed E-state index contributed by atoms with van der Waals surface area (Å²) in [5.41, 5.74) is 0.893. The fourth-order valence-corrected chi connectivity index (χ4v) is 3.45. The van der Waals surface area contributed by atoms with E-state index in [-0.39, 0.29) is 24.8 Å². The predicted molar refractivity (Wildman–Crippen MR) is 74.8 cm³/mol. The van der Waals surface area contributed by atoms with Crippen LogP contribution in [0.25, 0.3) is 0 Å². The van der Waals surface area contributed by atoms with Gasteiger partial charge in [-0.1, -0.05) is 36.2 Å². The van der Waals surface area contributed by atoms with Crippen molar-refractivity contribution in [3.05, 3.63) is 34.9 Å². The van der Waals surface area contributed by atoms with Gasteiger partial charge in [-0.25, -0.2) is 0 Å². The van der Waals surface area contributed by atoms with Gasteiger partial charge in [0.25, 0.3) is 0 Å². The van der Waals surface area contributed by atoms with Gasteiger partial charge in [0.15, 0.2) is 0 Å². The molecule has 0 aromatic heterocycles. The lowest BCUT2D eigenvalue weighted by molar-refractivity contribution is -0.186. The molecule has 0 heterocycles. The molecule has 1 nitrogen and oxygen atoms in total. The number of alkyl halides is 3. The maximum Gasteiger partial charge on any atom is 0.391 e. The summed E-state index contributed by atoms with van der Waals surface area (Å²) in [5, 5.41) is 3.76. The fourth-order valence-electron chi connectivity index (χ4n) is 3.20. The maximum absolute atomic E-state index is 12.9. The molecule has 0 bridgehead atoms. The molecule has 0 radical (unpaired) electrons. The van der Waals surface area contributed by atoms with Gasteiger partial charge in [0, 0.05) is 11.1 Å². The summed E-state index contributed by atoms with van der Waals surface area (Å²) in [4.78, 5) is 0. The van der Waals surface area contributed by atoms with E-state index in [2.05, 4.69) is 5.32 Å². The minimum Gasteiger partial charge on any atom is -0.313 e. The largest absolute Gasteiger partial charge is 0.391 e. The molecule has 0 spiro atoms. The molecule has 1 aromatic rings. The van der Waals surface area contributed by atoms with Gasteiger partial charge < -0.3 is 5.32 Å². The standard InChI is InChI=1S/C15H19ClF3N/c1-20-14(12-7-2-3-8-13(12)16)10-5-4-6-11(9-10)15(17,18)19/h2-3,7-8,10-11,14,20H,4-6,9H2,1H3. The van der Waals surface area contributed by atoms with Gasteiger partial charge in [0.05, 0.1) is 5.92 Å². The van der Waals surface area contributed by atoms with Crippen LogP contribution in [0.2, 0.25) is 5.02 Å². The molecule has 1 aromatic carbocycles. The van der Waals surface area contributed by atoms with Crippen molar-refractivity contribution in [1.82, 2.24) is 5.32 Å². The van der Waals surface area contributed by atoms with E-state index in [0.717, 1.165) is 12.0 Å². The Morgan fingerprint density at radius 3 is 2.55 bits per heavy atom. The van der Waals surface area contributed by atoms with Crippen LogP contribution in [0, 0.1) is 11.8 Å². The molecule has 0 saturated heterocycles. The molecule has 3 atom stereocenters. The molecule has 3 unspecified atom stereocenters. The molecule has 1 N–H and O–H groups in total. The molecule has 0 amide bonds. The van der Waals surface area contributed by atoms with Crippen molar-refractivity contribution in [2.75, 3.05) is 7.05 Å². The zero-order valence-electron chi connectivity index (χ0n) is 11.4. The Kier molecular flexibility index (Phi) is 4.97. The van der Waals surface area contributed by atoms with Crippen LogP contribution in [0.3, 0.4) is 0 Å². The average molecular weight is 306 g/mol. The summed E-state index contributed by atoms with van der Waals surface area (Å²) in [6.45, 7) is 0.